The fourth-order valence-corrected chi connectivity index (χ4v) is 3.85. The maximum Gasteiger partial charge on any atom is 0.217 e. The molecule has 0 aliphatic carbocycles. The van der Waals surface area contributed by atoms with Crippen LogP contribution in [0.3, 0.4) is 0 Å². The molecule has 12 heteroatoms. The number of hydrogen-bond acceptors (Lipinski definition) is 11. The van der Waals surface area contributed by atoms with E-state index >= 15 is 0 Å². The van der Waals surface area contributed by atoms with Crippen molar-refractivity contribution >= 4 is 5.91 Å². The zero-order valence-electron chi connectivity index (χ0n) is 18.0. The van der Waals surface area contributed by atoms with Crippen molar-refractivity contribution in [3.05, 3.63) is 35.9 Å². The summed E-state index contributed by atoms with van der Waals surface area (Å²) in [6.07, 6.45) is -13.0. The van der Waals surface area contributed by atoms with Crippen LogP contribution in [0.5, 0.6) is 0 Å². The molecule has 10 atom stereocenters. The Hall–Kier alpha value is -1.71. The van der Waals surface area contributed by atoms with Gasteiger partial charge in [-0.3, -0.25) is 4.79 Å². The number of rotatable bonds is 8. The molecule has 0 saturated carbocycles. The Morgan fingerprint density at radius 2 is 1.52 bits per heavy atom. The van der Waals surface area contributed by atoms with Crippen LogP contribution in [-0.2, 0) is 30.3 Å². The van der Waals surface area contributed by atoms with Gasteiger partial charge in [0.15, 0.2) is 12.6 Å². The standard InChI is InChI=1S/C21H31NO11/c1-10(25)22-14-19(33-21-18(29)17(28)15(26)12(7-23)32-21)16(27)13(8-24)31-20(14)30-9-11-5-3-2-4-6-11/h2-6,12-21,23-24,26-29H,7-9H2,1H3,(H,22,25)/t12-,13-,14-,15+,16+,17+,18-,19+,20+,21+/m1/s1. The molecule has 2 aliphatic rings. The van der Waals surface area contributed by atoms with Gasteiger partial charge in [0.05, 0.1) is 19.8 Å². The highest BCUT2D eigenvalue weighted by molar-refractivity contribution is 5.73. The molecule has 0 unspecified atom stereocenters. The maximum atomic E-state index is 11.9. The van der Waals surface area contributed by atoms with Crippen LogP contribution < -0.4 is 5.32 Å². The molecule has 0 spiro atoms. The highest BCUT2D eigenvalue weighted by Gasteiger charge is 2.51. The molecule has 2 heterocycles. The first-order chi connectivity index (χ1) is 15.8. The molecule has 186 valence electrons. The summed E-state index contributed by atoms with van der Waals surface area (Å²) in [5.41, 5.74) is 0.806. The summed E-state index contributed by atoms with van der Waals surface area (Å²) in [6, 6.07) is 8.00. The Labute approximate surface area is 190 Å². The van der Waals surface area contributed by atoms with Crippen LogP contribution in [0.4, 0.5) is 0 Å². The minimum Gasteiger partial charge on any atom is -0.394 e. The van der Waals surface area contributed by atoms with Crippen molar-refractivity contribution in [2.75, 3.05) is 13.2 Å². The molecule has 2 saturated heterocycles. The summed E-state index contributed by atoms with van der Waals surface area (Å²) in [4.78, 5) is 11.9. The van der Waals surface area contributed by atoms with E-state index in [1.807, 2.05) is 30.3 Å². The third-order valence-corrected chi connectivity index (χ3v) is 5.62. The first-order valence-corrected chi connectivity index (χ1v) is 10.6. The summed E-state index contributed by atoms with van der Waals surface area (Å²) in [6.45, 7) is 0.0539. The lowest BCUT2D eigenvalue weighted by Gasteiger charge is -2.47. The minimum atomic E-state index is -1.73. The predicted molar refractivity (Wildman–Crippen MR) is 109 cm³/mol. The zero-order chi connectivity index (χ0) is 24.1. The highest BCUT2D eigenvalue weighted by Crippen LogP contribution is 2.30. The lowest BCUT2D eigenvalue weighted by atomic mass is 9.95. The van der Waals surface area contributed by atoms with Gasteiger partial charge in [0.25, 0.3) is 0 Å². The van der Waals surface area contributed by atoms with E-state index in [2.05, 4.69) is 5.32 Å². The Morgan fingerprint density at radius 3 is 2.12 bits per heavy atom. The monoisotopic (exact) mass is 473 g/mol. The van der Waals surface area contributed by atoms with Crippen molar-refractivity contribution in [3.8, 4) is 0 Å². The fourth-order valence-electron chi connectivity index (χ4n) is 3.85. The van der Waals surface area contributed by atoms with Crippen LogP contribution in [0.25, 0.3) is 0 Å². The third kappa shape index (κ3) is 6.05. The van der Waals surface area contributed by atoms with Gasteiger partial charge in [0.2, 0.25) is 5.91 Å². The third-order valence-electron chi connectivity index (χ3n) is 5.62. The molecular weight excluding hydrogens is 442 g/mol. The zero-order valence-corrected chi connectivity index (χ0v) is 18.0. The van der Waals surface area contributed by atoms with Gasteiger partial charge in [0, 0.05) is 6.92 Å². The van der Waals surface area contributed by atoms with Crippen LogP contribution >= 0.6 is 0 Å². The molecule has 1 aromatic rings. The Bertz CT molecular complexity index is 751. The number of ether oxygens (including phenoxy) is 4. The van der Waals surface area contributed by atoms with E-state index in [-0.39, 0.29) is 6.61 Å². The molecule has 0 bridgehead atoms. The lowest BCUT2D eigenvalue weighted by Crippen LogP contribution is -2.68. The fraction of sp³-hybridized carbons (Fsp3) is 0.667. The van der Waals surface area contributed by atoms with Crippen LogP contribution in [-0.4, -0.2) is 111 Å². The quantitative estimate of drug-likeness (QED) is 0.203. The maximum absolute atomic E-state index is 11.9. The molecule has 0 radical (unpaired) electrons. The second-order valence-electron chi connectivity index (χ2n) is 8.04. The first kappa shape index (κ1) is 25.9. The van der Waals surface area contributed by atoms with Crippen molar-refractivity contribution in [3.63, 3.8) is 0 Å². The second kappa shape index (κ2) is 11.6. The molecule has 1 aromatic carbocycles. The van der Waals surface area contributed by atoms with Crippen LogP contribution in [0.15, 0.2) is 30.3 Å². The van der Waals surface area contributed by atoms with Crippen LogP contribution in [0, 0.1) is 0 Å². The van der Waals surface area contributed by atoms with Crippen molar-refractivity contribution in [2.45, 2.75) is 74.9 Å². The number of aliphatic hydroxyl groups excluding tert-OH is 6. The van der Waals surface area contributed by atoms with E-state index in [0.29, 0.717) is 0 Å². The Morgan fingerprint density at radius 1 is 0.909 bits per heavy atom. The average Bonchev–Trinajstić information content (AvgIpc) is 2.81. The predicted octanol–water partition coefficient (Wildman–Crippen LogP) is -3.03. The van der Waals surface area contributed by atoms with Gasteiger partial charge in [-0.15, -0.1) is 0 Å². The lowest BCUT2D eigenvalue weighted by molar-refractivity contribution is -0.345. The van der Waals surface area contributed by atoms with Crippen molar-refractivity contribution in [1.82, 2.24) is 5.32 Å². The summed E-state index contributed by atoms with van der Waals surface area (Å²) in [5, 5.41) is 62.8. The molecule has 2 aliphatic heterocycles. The smallest absolute Gasteiger partial charge is 0.217 e. The number of carbonyl (C=O) groups is 1. The van der Waals surface area contributed by atoms with E-state index in [1.165, 1.54) is 6.92 Å². The van der Waals surface area contributed by atoms with Crippen molar-refractivity contribution in [2.24, 2.45) is 0 Å². The van der Waals surface area contributed by atoms with Gasteiger partial charge >= 0.3 is 0 Å². The van der Waals surface area contributed by atoms with E-state index in [1.54, 1.807) is 0 Å². The molecule has 7 N–H and O–H groups in total. The van der Waals surface area contributed by atoms with Gasteiger partial charge < -0.3 is 54.9 Å². The molecule has 0 aromatic heterocycles. The number of aliphatic hydroxyl groups is 6. The van der Waals surface area contributed by atoms with Crippen molar-refractivity contribution in [1.29, 1.82) is 0 Å². The van der Waals surface area contributed by atoms with E-state index in [4.69, 9.17) is 18.9 Å². The van der Waals surface area contributed by atoms with Crippen LogP contribution in [0.1, 0.15) is 12.5 Å². The van der Waals surface area contributed by atoms with E-state index < -0.39 is 80.5 Å². The molecular formula is C21H31NO11. The number of hydrogen-bond donors (Lipinski definition) is 7. The first-order valence-electron chi connectivity index (χ1n) is 10.6. The molecule has 12 nitrogen and oxygen atoms in total. The second-order valence-corrected chi connectivity index (χ2v) is 8.04. The molecule has 2 fully saturated rings. The largest absolute Gasteiger partial charge is 0.394 e. The molecule has 3 rings (SSSR count). The highest BCUT2D eigenvalue weighted by atomic mass is 16.7. The SMILES string of the molecule is CC(=O)N[C@H]1[C@@H](OCc2ccccc2)O[C@H](CO)[C@H](O)[C@H]1O[C@@H]1O[C@H](CO)[C@H](O)[C@H](O)[C@H]1O. The van der Waals surface area contributed by atoms with Gasteiger partial charge in [0.1, 0.15) is 48.8 Å². The Kier molecular flexibility index (Phi) is 9.12. The molecule has 1 amide bonds. The van der Waals surface area contributed by atoms with E-state index in [0.717, 1.165) is 5.56 Å². The minimum absolute atomic E-state index is 0.0859. The topological polar surface area (TPSA) is 187 Å². The summed E-state index contributed by atoms with van der Waals surface area (Å²) < 4.78 is 22.6. The van der Waals surface area contributed by atoms with Crippen molar-refractivity contribution < 1.29 is 54.4 Å². The molecule has 33 heavy (non-hydrogen) atoms. The summed E-state index contributed by atoms with van der Waals surface area (Å²) >= 11 is 0. The van der Waals surface area contributed by atoms with Gasteiger partial charge in [-0.25, -0.2) is 0 Å². The van der Waals surface area contributed by atoms with Gasteiger partial charge in [-0.1, -0.05) is 30.3 Å². The van der Waals surface area contributed by atoms with Gasteiger partial charge in [-0.2, -0.15) is 0 Å². The summed E-state index contributed by atoms with van der Waals surface area (Å²) in [7, 11) is 0. The average molecular weight is 473 g/mol. The number of nitrogens with one attached hydrogen (secondary N) is 1. The number of benzene rings is 1. The number of amides is 1. The van der Waals surface area contributed by atoms with E-state index in [9.17, 15) is 35.4 Å². The number of carbonyl (C=O) groups excluding carboxylic acids is 1. The Balaban J connectivity index is 1.82. The van der Waals surface area contributed by atoms with Gasteiger partial charge in [-0.05, 0) is 5.56 Å². The normalized spacial score (nSPS) is 39.2. The van der Waals surface area contributed by atoms with Crippen LogP contribution in [0.2, 0.25) is 0 Å². The summed E-state index contributed by atoms with van der Waals surface area (Å²) in [5.74, 6) is -0.492.